The molecule has 1 saturated heterocycles. The molecule has 1 heterocycles. The van der Waals surface area contributed by atoms with Crippen LogP contribution in [0.3, 0.4) is 0 Å². The van der Waals surface area contributed by atoms with Gasteiger partial charge in [0.05, 0.1) is 6.04 Å². The number of nitrogens with one attached hydrogen (secondary N) is 2. The van der Waals surface area contributed by atoms with E-state index in [0.717, 1.165) is 5.56 Å². The molecule has 5 nitrogen and oxygen atoms in total. The first kappa shape index (κ1) is 18.9. The number of nitrogens with zero attached hydrogens (tertiary/aromatic N) is 2. The molecule has 2 rings (SSSR count). The second-order valence-corrected chi connectivity index (χ2v) is 6.96. The average molecular weight is 369 g/mol. The number of halogens is 2. The van der Waals surface area contributed by atoms with E-state index in [-0.39, 0.29) is 18.0 Å². The van der Waals surface area contributed by atoms with Crippen molar-refractivity contribution in [2.45, 2.75) is 32.4 Å². The van der Waals surface area contributed by atoms with Crippen LogP contribution in [0.2, 0.25) is 10.0 Å². The Morgan fingerprint density at radius 2 is 2.17 bits per heavy atom. The maximum atomic E-state index is 12.6. The summed E-state index contributed by atoms with van der Waals surface area (Å²) >= 11 is 12.2. The van der Waals surface area contributed by atoms with Gasteiger partial charge in [-0.15, -0.1) is 0 Å². The van der Waals surface area contributed by atoms with Gasteiger partial charge in [0.15, 0.2) is 6.19 Å². The van der Waals surface area contributed by atoms with Gasteiger partial charge in [0.25, 0.3) is 0 Å². The van der Waals surface area contributed by atoms with Crippen molar-refractivity contribution in [3.63, 3.8) is 0 Å². The maximum absolute atomic E-state index is 12.6. The lowest BCUT2D eigenvalue weighted by atomic mass is 9.98. The molecule has 1 fully saturated rings. The molecule has 0 bridgehead atoms. The van der Waals surface area contributed by atoms with Crippen molar-refractivity contribution in [1.82, 2.24) is 15.5 Å². The molecule has 0 aromatic heterocycles. The number of carbonyl (C=O) groups excluding carboxylic acids is 1. The van der Waals surface area contributed by atoms with Crippen molar-refractivity contribution in [3.8, 4) is 6.19 Å². The Balaban J connectivity index is 1.92. The third-order valence-corrected chi connectivity index (χ3v) is 4.89. The lowest BCUT2D eigenvalue weighted by Gasteiger charge is -2.41. The van der Waals surface area contributed by atoms with Crippen LogP contribution in [-0.2, 0) is 4.79 Å². The summed E-state index contributed by atoms with van der Waals surface area (Å²) in [7, 11) is 0. The normalized spacial score (nSPS) is 16.9. The highest BCUT2D eigenvalue weighted by molar-refractivity contribution is 6.35. The van der Waals surface area contributed by atoms with Crippen molar-refractivity contribution in [2.24, 2.45) is 5.92 Å². The summed E-state index contributed by atoms with van der Waals surface area (Å²) in [5.74, 6) is 0.455. The summed E-state index contributed by atoms with van der Waals surface area (Å²) < 4.78 is 0. The summed E-state index contributed by atoms with van der Waals surface area (Å²) in [6, 6.07) is 5.08. The Morgan fingerprint density at radius 3 is 2.75 bits per heavy atom. The molecule has 24 heavy (non-hydrogen) atoms. The maximum Gasteiger partial charge on any atom is 0.239 e. The van der Waals surface area contributed by atoms with Crippen LogP contribution in [0.5, 0.6) is 0 Å². The Labute approximate surface area is 152 Å². The zero-order chi connectivity index (χ0) is 17.7. The molecule has 130 valence electrons. The van der Waals surface area contributed by atoms with Crippen molar-refractivity contribution in [1.29, 1.82) is 5.26 Å². The second kappa shape index (κ2) is 8.57. The number of benzene rings is 1. The van der Waals surface area contributed by atoms with Gasteiger partial charge in [0.2, 0.25) is 5.91 Å². The average Bonchev–Trinajstić information content (AvgIpc) is 2.50. The lowest BCUT2D eigenvalue weighted by molar-refractivity contribution is -0.140. The minimum atomic E-state index is -0.253. The molecule has 1 aromatic rings. The van der Waals surface area contributed by atoms with Gasteiger partial charge in [-0.2, -0.15) is 5.26 Å². The van der Waals surface area contributed by atoms with Crippen molar-refractivity contribution in [3.05, 3.63) is 33.8 Å². The van der Waals surface area contributed by atoms with E-state index in [9.17, 15) is 4.79 Å². The number of nitriles is 1. The lowest BCUT2D eigenvalue weighted by Crippen LogP contribution is -2.58. The first-order valence-corrected chi connectivity index (χ1v) is 8.83. The first-order valence-electron chi connectivity index (χ1n) is 8.08. The van der Waals surface area contributed by atoms with E-state index in [1.807, 2.05) is 31.0 Å². The quantitative estimate of drug-likeness (QED) is 0.573. The predicted molar refractivity (Wildman–Crippen MR) is 95.8 cm³/mol. The smallest absolute Gasteiger partial charge is 0.239 e. The molecule has 1 aromatic carbocycles. The first-order chi connectivity index (χ1) is 11.5. The topological polar surface area (TPSA) is 68.2 Å². The highest BCUT2D eigenvalue weighted by Crippen LogP contribution is 2.27. The zero-order valence-corrected chi connectivity index (χ0v) is 15.4. The summed E-state index contributed by atoms with van der Waals surface area (Å²) in [6.07, 6.45) is 2.61. The van der Waals surface area contributed by atoms with E-state index >= 15 is 0 Å². The van der Waals surface area contributed by atoms with E-state index < -0.39 is 0 Å². The van der Waals surface area contributed by atoms with Crippen LogP contribution in [0.15, 0.2) is 18.2 Å². The molecular formula is C17H22Cl2N4O. The number of likely N-dealkylation sites (tertiary alicyclic amines) is 1. The molecule has 1 amide bonds. The molecule has 0 radical (unpaired) electrons. The minimum Gasteiger partial charge on any atom is -0.341 e. The van der Waals surface area contributed by atoms with Gasteiger partial charge in [-0.05, 0) is 31.0 Å². The monoisotopic (exact) mass is 368 g/mol. The standard InChI is InChI=1S/C17H22Cl2N4O/c1-3-16(17(24)23-8-12(9-23)7-21-10-20)22-11(2)14-5-4-13(18)6-15(14)19/h4-6,11-12,16,21-22H,3,7-9H2,1-2H3. The fraction of sp³-hybridized carbons (Fsp3) is 0.529. The molecule has 0 spiro atoms. The van der Waals surface area contributed by atoms with Gasteiger partial charge < -0.3 is 10.2 Å². The summed E-state index contributed by atoms with van der Waals surface area (Å²) in [5.41, 5.74) is 0.923. The van der Waals surface area contributed by atoms with Crippen molar-refractivity contribution < 1.29 is 4.79 Å². The number of carbonyl (C=O) groups is 1. The SMILES string of the molecule is CCC(NC(C)c1ccc(Cl)cc1Cl)C(=O)N1CC(CNC#N)C1. The number of amides is 1. The van der Waals surface area contributed by atoms with E-state index in [2.05, 4.69) is 10.6 Å². The highest BCUT2D eigenvalue weighted by atomic mass is 35.5. The van der Waals surface area contributed by atoms with Crippen LogP contribution in [0.25, 0.3) is 0 Å². The molecule has 7 heteroatoms. The highest BCUT2D eigenvalue weighted by Gasteiger charge is 2.34. The molecule has 1 aliphatic heterocycles. The Hall–Kier alpha value is -1.48. The Kier molecular flexibility index (Phi) is 6.73. The Morgan fingerprint density at radius 1 is 1.46 bits per heavy atom. The van der Waals surface area contributed by atoms with Crippen molar-refractivity contribution >= 4 is 29.1 Å². The van der Waals surface area contributed by atoms with Crippen LogP contribution < -0.4 is 10.6 Å². The summed E-state index contributed by atoms with van der Waals surface area (Å²) in [4.78, 5) is 14.4. The largest absolute Gasteiger partial charge is 0.341 e. The van der Waals surface area contributed by atoms with Gasteiger partial charge in [-0.25, -0.2) is 0 Å². The summed E-state index contributed by atoms with van der Waals surface area (Å²) in [5, 5.41) is 15.7. The summed E-state index contributed by atoms with van der Waals surface area (Å²) in [6.45, 7) is 5.99. The van der Waals surface area contributed by atoms with E-state index in [1.165, 1.54) is 0 Å². The number of hydrogen-bond donors (Lipinski definition) is 2. The third kappa shape index (κ3) is 4.54. The van der Waals surface area contributed by atoms with E-state index in [4.69, 9.17) is 28.5 Å². The van der Waals surface area contributed by atoms with Gasteiger partial charge in [-0.3, -0.25) is 10.1 Å². The second-order valence-electron chi connectivity index (χ2n) is 6.12. The molecule has 2 N–H and O–H groups in total. The van der Waals surface area contributed by atoms with Gasteiger partial charge >= 0.3 is 0 Å². The number of rotatable bonds is 7. The molecule has 1 aliphatic rings. The van der Waals surface area contributed by atoms with Crippen LogP contribution >= 0.6 is 23.2 Å². The predicted octanol–water partition coefficient (Wildman–Crippen LogP) is 2.95. The van der Waals surface area contributed by atoms with Crippen LogP contribution in [0.4, 0.5) is 0 Å². The Bertz CT molecular complexity index is 626. The molecular weight excluding hydrogens is 347 g/mol. The van der Waals surface area contributed by atoms with Crippen LogP contribution in [0.1, 0.15) is 31.9 Å². The molecule has 0 saturated carbocycles. The molecule has 2 unspecified atom stereocenters. The molecule has 0 aliphatic carbocycles. The van der Waals surface area contributed by atoms with Crippen molar-refractivity contribution in [2.75, 3.05) is 19.6 Å². The number of hydrogen-bond acceptors (Lipinski definition) is 4. The van der Waals surface area contributed by atoms with Gasteiger partial charge in [0, 0.05) is 41.6 Å². The fourth-order valence-electron chi connectivity index (χ4n) is 2.90. The van der Waals surface area contributed by atoms with Gasteiger partial charge in [-0.1, -0.05) is 36.2 Å². The zero-order valence-electron chi connectivity index (χ0n) is 13.9. The van der Waals surface area contributed by atoms with Crippen LogP contribution in [-0.4, -0.2) is 36.5 Å². The molecule has 2 atom stereocenters. The van der Waals surface area contributed by atoms with E-state index in [1.54, 1.807) is 12.1 Å². The minimum absolute atomic E-state index is 0.0546. The van der Waals surface area contributed by atoms with E-state index in [0.29, 0.717) is 42.0 Å². The fourth-order valence-corrected chi connectivity index (χ4v) is 3.47. The van der Waals surface area contributed by atoms with Crippen LogP contribution in [0, 0.1) is 17.4 Å². The third-order valence-electron chi connectivity index (χ3n) is 4.33. The van der Waals surface area contributed by atoms with Gasteiger partial charge in [0.1, 0.15) is 0 Å².